The third kappa shape index (κ3) is 19.6. The maximum absolute atomic E-state index is 11.9. The second-order valence-electron chi connectivity index (χ2n) is 12.1. The Bertz CT molecular complexity index is 460. The highest BCUT2D eigenvalue weighted by molar-refractivity contribution is 5.69. The van der Waals surface area contributed by atoms with Crippen molar-refractivity contribution in [1.29, 1.82) is 0 Å². The molecule has 0 atom stereocenters. The molecule has 0 aromatic carbocycles. The summed E-state index contributed by atoms with van der Waals surface area (Å²) >= 11 is 0. The fourth-order valence-corrected chi connectivity index (χ4v) is 4.69. The van der Waals surface area contributed by atoms with Crippen LogP contribution in [0, 0.1) is 22.7 Å². The molecule has 0 aliphatic carbocycles. The van der Waals surface area contributed by atoms with Crippen molar-refractivity contribution in [3.8, 4) is 0 Å². The molecule has 0 rings (SSSR count). The Labute approximate surface area is 199 Å². The predicted octanol–water partition coefficient (Wildman–Crippen LogP) is 8.12. The molecule has 4 heteroatoms. The van der Waals surface area contributed by atoms with Crippen LogP contribution in [0.4, 0.5) is 0 Å². The van der Waals surface area contributed by atoms with Crippen LogP contribution in [0.2, 0.25) is 0 Å². The van der Waals surface area contributed by atoms with Gasteiger partial charge in [-0.1, -0.05) is 81.1 Å². The SMILES string of the molecule is CC(C)CC(C)(C)CCOC(=O)CCCCCCCCC(=O)OCCC(C)(C)CC(C)C. The maximum atomic E-state index is 11.9. The molecule has 0 bridgehead atoms. The van der Waals surface area contributed by atoms with Gasteiger partial charge in [-0.25, -0.2) is 0 Å². The smallest absolute Gasteiger partial charge is 0.305 e. The number of esters is 2. The van der Waals surface area contributed by atoms with Gasteiger partial charge in [-0.2, -0.15) is 0 Å². The number of unbranched alkanes of at least 4 members (excludes halogenated alkanes) is 5. The molecule has 0 saturated heterocycles. The fraction of sp³-hybridized carbons (Fsp3) is 0.929. The van der Waals surface area contributed by atoms with Crippen LogP contribution in [0.25, 0.3) is 0 Å². The van der Waals surface area contributed by atoms with Gasteiger partial charge in [0, 0.05) is 12.8 Å². The van der Waals surface area contributed by atoms with Crippen molar-refractivity contribution in [2.24, 2.45) is 22.7 Å². The lowest BCUT2D eigenvalue weighted by molar-refractivity contribution is -0.145. The summed E-state index contributed by atoms with van der Waals surface area (Å²) in [4.78, 5) is 23.8. The average Bonchev–Trinajstić information content (AvgIpc) is 2.61. The normalized spacial score (nSPS) is 12.4. The minimum atomic E-state index is -0.0651. The lowest BCUT2D eigenvalue weighted by Gasteiger charge is -2.26. The topological polar surface area (TPSA) is 52.6 Å². The van der Waals surface area contributed by atoms with Gasteiger partial charge in [0.05, 0.1) is 13.2 Å². The molecular weight excluding hydrogens is 400 g/mol. The third-order valence-electron chi connectivity index (χ3n) is 6.02. The molecule has 0 N–H and O–H groups in total. The minimum Gasteiger partial charge on any atom is -0.466 e. The second-order valence-corrected chi connectivity index (χ2v) is 12.1. The zero-order valence-electron chi connectivity index (χ0n) is 22.7. The van der Waals surface area contributed by atoms with E-state index in [9.17, 15) is 9.59 Å². The maximum Gasteiger partial charge on any atom is 0.305 e. The molecule has 0 aliphatic heterocycles. The first-order chi connectivity index (χ1) is 14.8. The Morgan fingerprint density at radius 1 is 0.594 bits per heavy atom. The molecule has 0 radical (unpaired) electrons. The van der Waals surface area contributed by atoms with Crippen LogP contribution in [-0.2, 0) is 19.1 Å². The van der Waals surface area contributed by atoms with E-state index < -0.39 is 0 Å². The zero-order valence-corrected chi connectivity index (χ0v) is 22.7. The summed E-state index contributed by atoms with van der Waals surface area (Å²) in [6, 6.07) is 0. The van der Waals surface area contributed by atoms with E-state index in [1.165, 1.54) is 0 Å². The van der Waals surface area contributed by atoms with E-state index in [0.29, 0.717) is 37.9 Å². The molecular formula is C28H54O4. The Morgan fingerprint density at radius 3 is 1.22 bits per heavy atom. The van der Waals surface area contributed by atoms with Crippen LogP contribution in [0.15, 0.2) is 0 Å². The highest BCUT2D eigenvalue weighted by Crippen LogP contribution is 2.29. The van der Waals surface area contributed by atoms with Crippen molar-refractivity contribution < 1.29 is 19.1 Å². The molecule has 32 heavy (non-hydrogen) atoms. The van der Waals surface area contributed by atoms with Gasteiger partial charge in [0.25, 0.3) is 0 Å². The standard InChI is InChI=1S/C28H54O4/c1-23(2)21-27(5,6)17-19-31-25(29)15-13-11-9-10-12-14-16-26(30)32-20-18-28(7,8)22-24(3)4/h23-24H,9-22H2,1-8H3. The summed E-state index contributed by atoms with van der Waals surface area (Å²) in [5.74, 6) is 1.20. The summed E-state index contributed by atoms with van der Waals surface area (Å²) in [7, 11) is 0. The van der Waals surface area contributed by atoms with Gasteiger partial charge in [0.15, 0.2) is 0 Å². The molecule has 0 spiro atoms. The Morgan fingerprint density at radius 2 is 0.906 bits per heavy atom. The van der Waals surface area contributed by atoms with Crippen LogP contribution in [0.1, 0.15) is 132 Å². The number of ether oxygens (including phenoxy) is 2. The van der Waals surface area contributed by atoms with E-state index in [1.54, 1.807) is 0 Å². The Balaban J connectivity index is 3.60. The first-order valence-corrected chi connectivity index (χ1v) is 13.1. The predicted molar refractivity (Wildman–Crippen MR) is 135 cm³/mol. The van der Waals surface area contributed by atoms with Crippen molar-refractivity contribution in [1.82, 2.24) is 0 Å². The summed E-state index contributed by atoms with van der Waals surface area (Å²) in [6.07, 6.45) is 11.3. The van der Waals surface area contributed by atoms with E-state index >= 15 is 0 Å². The molecule has 0 saturated carbocycles. The summed E-state index contributed by atoms with van der Waals surface area (Å²) in [5, 5.41) is 0. The van der Waals surface area contributed by atoms with E-state index in [2.05, 4.69) is 55.4 Å². The van der Waals surface area contributed by atoms with Crippen molar-refractivity contribution in [2.75, 3.05) is 13.2 Å². The quantitative estimate of drug-likeness (QED) is 0.146. The van der Waals surface area contributed by atoms with Gasteiger partial charge < -0.3 is 9.47 Å². The Hall–Kier alpha value is -1.06. The van der Waals surface area contributed by atoms with Crippen molar-refractivity contribution in [3.63, 3.8) is 0 Å². The first-order valence-electron chi connectivity index (χ1n) is 13.1. The van der Waals surface area contributed by atoms with Crippen molar-refractivity contribution in [2.45, 2.75) is 132 Å². The number of hydrogen-bond donors (Lipinski definition) is 0. The molecule has 0 fully saturated rings. The third-order valence-corrected chi connectivity index (χ3v) is 6.02. The molecule has 0 unspecified atom stereocenters. The molecule has 0 aromatic heterocycles. The van der Waals surface area contributed by atoms with Crippen molar-refractivity contribution >= 4 is 11.9 Å². The van der Waals surface area contributed by atoms with Crippen LogP contribution < -0.4 is 0 Å². The van der Waals surface area contributed by atoms with Gasteiger partial charge in [0.1, 0.15) is 0 Å². The summed E-state index contributed by atoms with van der Waals surface area (Å²) in [6.45, 7) is 19.0. The van der Waals surface area contributed by atoms with E-state index in [4.69, 9.17) is 9.47 Å². The number of rotatable bonds is 19. The van der Waals surface area contributed by atoms with Crippen LogP contribution in [0.3, 0.4) is 0 Å². The lowest BCUT2D eigenvalue weighted by Crippen LogP contribution is -2.18. The zero-order chi connectivity index (χ0) is 24.6. The van der Waals surface area contributed by atoms with E-state index in [1.807, 2.05) is 0 Å². The molecule has 0 aromatic rings. The van der Waals surface area contributed by atoms with Crippen LogP contribution >= 0.6 is 0 Å². The highest BCUT2D eigenvalue weighted by atomic mass is 16.5. The van der Waals surface area contributed by atoms with Gasteiger partial charge in [-0.15, -0.1) is 0 Å². The molecule has 0 aliphatic rings. The number of carbonyl (C=O) groups is 2. The van der Waals surface area contributed by atoms with Crippen molar-refractivity contribution in [3.05, 3.63) is 0 Å². The average molecular weight is 455 g/mol. The Kier molecular flexibility index (Phi) is 16.0. The van der Waals surface area contributed by atoms with Crippen LogP contribution in [0.5, 0.6) is 0 Å². The van der Waals surface area contributed by atoms with Gasteiger partial charge in [-0.3, -0.25) is 9.59 Å². The number of carbonyl (C=O) groups excluding carboxylic acids is 2. The second kappa shape index (κ2) is 16.5. The molecule has 0 amide bonds. The molecule has 4 nitrogen and oxygen atoms in total. The first kappa shape index (κ1) is 30.9. The van der Waals surface area contributed by atoms with Gasteiger partial charge >= 0.3 is 11.9 Å². The number of hydrogen-bond acceptors (Lipinski definition) is 4. The molecule has 0 heterocycles. The lowest BCUT2D eigenvalue weighted by atomic mass is 9.81. The van der Waals surface area contributed by atoms with Gasteiger partial charge in [0.2, 0.25) is 0 Å². The monoisotopic (exact) mass is 454 g/mol. The van der Waals surface area contributed by atoms with E-state index in [-0.39, 0.29) is 22.8 Å². The minimum absolute atomic E-state index is 0.0651. The highest BCUT2D eigenvalue weighted by Gasteiger charge is 2.20. The fourth-order valence-electron chi connectivity index (χ4n) is 4.69. The van der Waals surface area contributed by atoms with Gasteiger partial charge in [-0.05, 0) is 61.2 Å². The van der Waals surface area contributed by atoms with E-state index in [0.717, 1.165) is 64.2 Å². The molecule has 190 valence electrons. The van der Waals surface area contributed by atoms with Crippen LogP contribution in [-0.4, -0.2) is 25.2 Å². The largest absolute Gasteiger partial charge is 0.466 e. The summed E-state index contributed by atoms with van der Waals surface area (Å²) < 4.78 is 10.8. The summed E-state index contributed by atoms with van der Waals surface area (Å²) in [5.41, 5.74) is 0.455.